The maximum atomic E-state index is 11.2. The normalized spacial score (nSPS) is 10.7. The number of nitro groups is 1. The molecule has 0 atom stereocenters. The summed E-state index contributed by atoms with van der Waals surface area (Å²) in [6.45, 7) is 0.331. The molecular weight excluding hydrogens is 272 g/mol. The largest absolute Gasteiger partial charge is 0.384 e. The van der Waals surface area contributed by atoms with Crippen molar-refractivity contribution >= 4 is 28.1 Å². The number of benzene rings is 1. The first-order valence-electron chi connectivity index (χ1n) is 6.20. The summed E-state index contributed by atoms with van der Waals surface area (Å²) in [5.41, 5.74) is 7.49. The van der Waals surface area contributed by atoms with Crippen LogP contribution in [0.2, 0.25) is 0 Å². The summed E-state index contributed by atoms with van der Waals surface area (Å²) in [6, 6.07) is 7.23. The molecule has 1 aromatic carbocycles. The number of pyridine rings is 1. The molecule has 0 aliphatic carbocycles. The summed E-state index contributed by atoms with van der Waals surface area (Å²) in [5, 5.41) is 21.4. The van der Waals surface area contributed by atoms with Crippen LogP contribution in [0, 0.1) is 10.1 Å². The predicted molar refractivity (Wildman–Crippen MR) is 78.7 cm³/mol. The molecule has 8 nitrogen and oxygen atoms in total. The van der Waals surface area contributed by atoms with E-state index in [0.717, 1.165) is 5.56 Å². The fourth-order valence-corrected chi connectivity index (χ4v) is 2.10. The fourth-order valence-electron chi connectivity index (χ4n) is 2.10. The van der Waals surface area contributed by atoms with Gasteiger partial charge in [0.2, 0.25) is 0 Å². The lowest BCUT2D eigenvalue weighted by Crippen LogP contribution is -2.05. The fraction of sp³-hybridized carbons (Fsp3) is 0.0769. The van der Waals surface area contributed by atoms with Gasteiger partial charge in [-0.15, -0.1) is 0 Å². The third-order valence-electron chi connectivity index (χ3n) is 3.16. The average Bonchev–Trinajstić information content (AvgIpc) is 2.89. The molecule has 21 heavy (non-hydrogen) atoms. The maximum absolute atomic E-state index is 11.2. The van der Waals surface area contributed by atoms with Gasteiger partial charge in [-0.05, 0) is 6.07 Å². The summed E-state index contributed by atoms with van der Waals surface area (Å²) in [5.74, 6) is 0.434. The number of hydrogen-bond donors (Lipinski definition) is 3. The van der Waals surface area contributed by atoms with E-state index in [1.807, 2.05) is 12.1 Å². The summed E-state index contributed by atoms with van der Waals surface area (Å²) >= 11 is 0. The van der Waals surface area contributed by atoms with Gasteiger partial charge in [-0.3, -0.25) is 15.2 Å². The molecule has 106 valence electrons. The second-order valence-electron chi connectivity index (χ2n) is 4.46. The Balaban J connectivity index is 2.04. The lowest BCUT2D eigenvalue weighted by Gasteiger charge is -2.09. The maximum Gasteiger partial charge on any atom is 0.311 e. The van der Waals surface area contributed by atoms with Gasteiger partial charge in [0.15, 0.2) is 0 Å². The molecule has 0 aliphatic rings. The topological polar surface area (TPSA) is 123 Å². The Bertz CT molecular complexity index is 813. The van der Waals surface area contributed by atoms with Crippen LogP contribution in [0.1, 0.15) is 5.56 Å². The van der Waals surface area contributed by atoms with Crippen molar-refractivity contribution in [2.24, 2.45) is 0 Å². The van der Waals surface area contributed by atoms with E-state index in [4.69, 9.17) is 5.73 Å². The predicted octanol–water partition coefficient (Wildman–Crippen LogP) is 2.06. The van der Waals surface area contributed by atoms with Crippen molar-refractivity contribution in [1.82, 2.24) is 15.2 Å². The van der Waals surface area contributed by atoms with E-state index in [0.29, 0.717) is 29.0 Å². The second-order valence-corrected chi connectivity index (χ2v) is 4.46. The quantitative estimate of drug-likeness (QED) is 0.497. The van der Waals surface area contributed by atoms with E-state index >= 15 is 0 Å². The van der Waals surface area contributed by atoms with Crippen LogP contribution in [0.15, 0.2) is 36.7 Å². The number of H-pyrrole nitrogens is 1. The molecule has 3 aromatic rings. The van der Waals surface area contributed by atoms with Crippen molar-refractivity contribution < 1.29 is 4.92 Å². The third-order valence-corrected chi connectivity index (χ3v) is 3.16. The van der Waals surface area contributed by atoms with Gasteiger partial charge < -0.3 is 11.1 Å². The van der Waals surface area contributed by atoms with Crippen LogP contribution in [-0.4, -0.2) is 20.1 Å². The van der Waals surface area contributed by atoms with Gasteiger partial charge in [0.25, 0.3) is 0 Å². The lowest BCUT2D eigenvalue weighted by atomic mass is 10.1. The van der Waals surface area contributed by atoms with Crippen LogP contribution in [0.5, 0.6) is 0 Å². The van der Waals surface area contributed by atoms with Crippen molar-refractivity contribution in [1.29, 1.82) is 0 Å². The molecule has 0 amide bonds. The standard InChI is InChI=1S/C13H12N6O2/c14-13-8(6-17-18-13)5-16-12-9-3-1-2-4-10(9)15-7-11(12)19(20)21/h1-4,6-7H,5H2,(H,15,16)(H3,14,17,18). The molecule has 0 spiro atoms. The molecule has 4 N–H and O–H groups in total. The van der Waals surface area contributed by atoms with Gasteiger partial charge in [0.05, 0.1) is 16.6 Å². The highest BCUT2D eigenvalue weighted by Crippen LogP contribution is 2.31. The Morgan fingerprint density at radius 2 is 2.14 bits per heavy atom. The van der Waals surface area contributed by atoms with E-state index in [1.54, 1.807) is 18.3 Å². The number of hydrogen-bond acceptors (Lipinski definition) is 6. The minimum Gasteiger partial charge on any atom is -0.384 e. The first kappa shape index (κ1) is 12.9. The summed E-state index contributed by atoms with van der Waals surface area (Å²) in [6.07, 6.45) is 2.83. The van der Waals surface area contributed by atoms with E-state index in [-0.39, 0.29) is 5.69 Å². The highest BCUT2D eigenvalue weighted by Gasteiger charge is 2.18. The average molecular weight is 284 g/mol. The molecule has 0 radical (unpaired) electrons. The number of para-hydroxylation sites is 1. The Kier molecular flexibility index (Phi) is 3.11. The number of nitrogens with zero attached hydrogens (tertiary/aromatic N) is 3. The van der Waals surface area contributed by atoms with Crippen molar-refractivity contribution in [3.8, 4) is 0 Å². The highest BCUT2D eigenvalue weighted by molar-refractivity contribution is 5.95. The number of anilines is 2. The molecule has 2 aromatic heterocycles. The van der Waals surface area contributed by atoms with Gasteiger partial charge in [-0.2, -0.15) is 5.10 Å². The van der Waals surface area contributed by atoms with E-state index in [1.165, 1.54) is 6.20 Å². The third kappa shape index (κ3) is 2.34. The molecule has 2 heterocycles. The first-order valence-corrected chi connectivity index (χ1v) is 6.20. The van der Waals surface area contributed by atoms with Crippen LogP contribution in [0.25, 0.3) is 10.9 Å². The molecule has 0 bridgehead atoms. The van der Waals surface area contributed by atoms with Gasteiger partial charge in [0, 0.05) is 17.5 Å². The van der Waals surface area contributed by atoms with Crippen LogP contribution < -0.4 is 11.1 Å². The van der Waals surface area contributed by atoms with Crippen molar-refractivity contribution in [3.05, 3.63) is 52.3 Å². The highest BCUT2D eigenvalue weighted by atomic mass is 16.6. The van der Waals surface area contributed by atoms with Crippen LogP contribution in [0.3, 0.4) is 0 Å². The Morgan fingerprint density at radius 1 is 1.33 bits per heavy atom. The van der Waals surface area contributed by atoms with Crippen molar-refractivity contribution in [2.45, 2.75) is 6.54 Å². The SMILES string of the molecule is Nc1[nH]ncc1CNc1c([N+](=O)[O-])cnc2ccccc12. The van der Waals surface area contributed by atoms with Gasteiger partial charge in [-0.1, -0.05) is 18.2 Å². The monoisotopic (exact) mass is 284 g/mol. The molecule has 0 saturated carbocycles. The molecular formula is C13H12N6O2. The van der Waals surface area contributed by atoms with E-state index in [2.05, 4.69) is 20.5 Å². The zero-order chi connectivity index (χ0) is 14.8. The Hall–Kier alpha value is -3.16. The van der Waals surface area contributed by atoms with Crippen molar-refractivity contribution in [3.63, 3.8) is 0 Å². The zero-order valence-corrected chi connectivity index (χ0v) is 10.9. The molecule has 3 rings (SSSR count). The molecule has 0 saturated heterocycles. The number of nitrogen functional groups attached to an aromatic ring is 1. The number of nitrogens with one attached hydrogen (secondary N) is 2. The van der Waals surface area contributed by atoms with Crippen molar-refractivity contribution in [2.75, 3.05) is 11.1 Å². The molecule has 0 fully saturated rings. The van der Waals surface area contributed by atoms with Gasteiger partial charge in [-0.25, -0.2) is 4.98 Å². The molecule has 0 aliphatic heterocycles. The summed E-state index contributed by atoms with van der Waals surface area (Å²) in [4.78, 5) is 14.8. The Morgan fingerprint density at radius 3 is 2.86 bits per heavy atom. The smallest absolute Gasteiger partial charge is 0.311 e. The number of rotatable bonds is 4. The molecule has 8 heteroatoms. The van der Waals surface area contributed by atoms with E-state index < -0.39 is 4.92 Å². The van der Waals surface area contributed by atoms with Gasteiger partial charge in [0.1, 0.15) is 17.7 Å². The van der Waals surface area contributed by atoms with Gasteiger partial charge >= 0.3 is 5.69 Å². The lowest BCUT2D eigenvalue weighted by molar-refractivity contribution is -0.384. The summed E-state index contributed by atoms with van der Waals surface area (Å²) in [7, 11) is 0. The zero-order valence-electron chi connectivity index (χ0n) is 10.9. The van der Waals surface area contributed by atoms with E-state index in [9.17, 15) is 10.1 Å². The summed E-state index contributed by atoms with van der Waals surface area (Å²) < 4.78 is 0. The number of aromatic nitrogens is 3. The van der Waals surface area contributed by atoms with Crippen LogP contribution in [0.4, 0.5) is 17.2 Å². The van der Waals surface area contributed by atoms with Crippen LogP contribution in [-0.2, 0) is 6.54 Å². The Labute approximate surface area is 119 Å². The second kappa shape index (κ2) is 5.08. The van der Waals surface area contributed by atoms with Crippen LogP contribution >= 0.6 is 0 Å². The first-order chi connectivity index (χ1) is 10.2. The minimum absolute atomic E-state index is 0.0734. The number of aromatic amines is 1. The number of fused-ring (bicyclic) bond motifs is 1. The minimum atomic E-state index is -0.458. The molecule has 0 unspecified atom stereocenters. The number of nitrogens with two attached hydrogens (primary N) is 1.